The predicted octanol–water partition coefficient (Wildman–Crippen LogP) is 6.60. The van der Waals surface area contributed by atoms with Gasteiger partial charge in [-0.2, -0.15) is 5.10 Å². The van der Waals surface area contributed by atoms with Gasteiger partial charge in [-0.15, -0.1) is 0 Å². The third-order valence-corrected chi connectivity index (χ3v) is 7.95. The lowest BCUT2D eigenvalue weighted by molar-refractivity contribution is -0.00884. The number of alkyl halides is 2. The number of nitrogens with one attached hydrogen (secondary N) is 2. The number of aromatic nitrogens is 5. The van der Waals surface area contributed by atoms with Gasteiger partial charge in [0, 0.05) is 60.4 Å². The molecule has 2 aliphatic rings. The Bertz CT molecular complexity index is 1790. The van der Waals surface area contributed by atoms with Crippen molar-refractivity contribution in [3.63, 3.8) is 0 Å². The van der Waals surface area contributed by atoms with E-state index < -0.39 is 17.9 Å². The third-order valence-electron chi connectivity index (χ3n) is 7.95. The molecule has 1 atom stereocenters. The zero-order chi connectivity index (χ0) is 34.7. The highest BCUT2D eigenvalue weighted by molar-refractivity contribution is 5.72. The number of halogens is 2. The fraction of sp³-hybridized carbons (Fsp3) is 0.441. The summed E-state index contributed by atoms with van der Waals surface area (Å²) in [5.41, 5.74) is 1.74. The van der Waals surface area contributed by atoms with Crippen LogP contribution in [0.15, 0.2) is 48.9 Å². The van der Waals surface area contributed by atoms with Crippen molar-refractivity contribution in [2.24, 2.45) is 0 Å². The van der Waals surface area contributed by atoms with Gasteiger partial charge in [0.15, 0.2) is 5.82 Å². The second kappa shape index (κ2) is 14.1. The van der Waals surface area contributed by atoms with Gasteiger partial charge in [0.2, 0.25) is 0 Å². The summed E-state index contributed by atoms with van der Waals surface area (Å²) in [4.78, 5) is 26.9. The van der Waals surface area contributed by atoms with Crippen molar-refractivity contribution in [3.8, 4) is 28.4 Å². The average Bonchev–Trinajstić information content (AvgIpc) is 3.74. The molecule has 49 heavy (non-hydrogen) atoms. The number of anilines is 3. The van der Waals surface area contributed by atoms with Crippen molar-refractivity contribution >= 4 is 23.5 Å². The number of amides is 1. The Balaban J connectivity index is 1.18. The van der Waals surface area contributed by atoms with Crippen LogP contribution in [0, 0.1) is 0 Å². The van der Waals surface area contributed by atoms with Crippen LogP contribution in [-0.4, -0.2) is 74.2 Å². The summed E-state index contributed by atoms with van der Waals surface area (Å²) >= 11 is 0. The van der Waals surface area contributed by atoms with Gasteiger partial charge in [-0.25, -0.2) is 28.5 Å². The minimum Gasteiger partial charge on any atom is -0.497 e. The first kappa shape index (κ1) is 33.7. The maximum Gasteiger partial charge on any atom is 0.410 e. The molecular formula is C34H40F2N8O5. The summed E-state index contributed by atoms with van der Waals surface area (Å²) in [6.07, 6.45) is 4.87. The first-order chi connectivity index (χ1) is 23.5. The van der Waals surface area contributed by atoms with Crippen LogP contribution in [0.2, 0.25) is 0 Å². The number of likely N-dealkylation sites (tertiary alicyclic amines) is 1. The normalized spacial score (nSPS) is 15.8. The Labute approximate surface area is 283 Å². The summed E-state index contributed by atoms with van der Waals surface area (Å²) in [6.45, 7) is 6.97. The standard InChI is InChI=1S/C34H40F2N8O5/c1-34(2,3)49-33(45)44-11-10-22(44)19-43-18-21(16-39-43)25-17-38-28(13-27(25)48-23-8-9-23)40-30-14-29(41-32(42-30)31(35)36)37-15-20-6-7-24(46-4)12-26(20)47-5/h6-7,12-14,16-18,22-23,31H,8-11,15,19H2,1-5H3,(H2,37,38,40,41,42)/t22-/m0/s1. The molecule has 3 aromatic heterocycles. The molecule has 0 unspecified atom stereocenters. The SMILES string of the molecule is COc1ccc(CNc2cc(Nc3cc(OC4CC4)c(-c4cnn(C[C@@H]5CCN5C(=O)OC(C)(C)C)c4)cn3)nc(C(F)F)n2)c(OC)c1. The van der Waals surface area contributed by atoms with Gasteiger partial charge < -0.3 is 34.5 Å². The van der Waals surface area contributed by atoms with Crippen molar-refractivity contribution in [2.45, 2.75) is 77.3 Å². The van der Waals surface area contributed by atoms with Crippen LogP contribution in [0.1, 0.15) is 57.8 Å². The van der Waals surface area contributed by atoms with E-state index in [2.05, 4.69) is 30.7 Å². The van der Waals surface area contributed by atoms with Crippen LogP contribution in [0.4, 0.5) is 31.0 Å². The zero-order valence-corrected chi connectivity index (χ0v) is 28.1. The topological polar surface area (TPSA) is 138 Å². The Morgan fingerprint density at radius 1 is 1.00 bits per heavy atom. The largest absolute Gasteiger partial charge is 0.497 e. The molecule has 260 valence electrons. The molecule has 1 amide bonds. The van der Waals surface area contributed by atoms with Gasteiger partial charge in [-0.05, 0) is 52.2 Å². The van der Waals surface area contributed by atoms with Crippen molar-refractivity contribution in [3.05, 3.63) is 60.3 Å². The Hall–Kier alpha value is -5.21. The van der Waals surface area contributed by atoms with Crippen molar-refractivity contribution < 1.29 is 32.5 Å². The van der Waals surface area contributed by atoms with Crippen molar-refractivity contribution in [1.82, 2.24) is 29.6 Å². The zero-order valence-electron chi connectivity index (χ0n) is 28.1. The van der Waals surface area contributed by atoms with Gasteiger partial charge in [-0.3, -0.25) is 4.68 Å². The van der Waals surface area contributed by atoms with E-state index in [1.54, 1.807) is 54.4 Å². The molecule has 4 aromatic rings. The number of carbonyl (C=O) groups is 1. The number of rotatable bonds is 13. The number of nitrogens with zero attached hydrogens (tertiary/aromatic N) is 6. The van der Waals surface area contributed by atoms with Crippen LogP contribution in [0.5, 0.6) is 17.2 Å². The monoisotopic (exact) mass is 678 g/mol. The van der Waals surface area contributed by atoms with Gasteiger partial charge in [0.1, 0.15) is 40.3 Å². The van der Waals surface area contributed by atoms with E-state index in [0.29, 0.717) is 36.2 Å². The van der Waals surface area contributed by atoms with Crippen molar-refractivity contribution in [2.75, 3.05) is 31.4 Å². The van der Waals surface area contributed by atoms with E-state index >= 15 is 0 Å². The Morgan fingerprint density at radius 2 is 1.80 bits per heavy atom. The lowest BCUT2D eigenvalue weighted by Crippen LogP contribution is -2.54. The highest BCUT2D eigenvalue weighted by atomic mass is 19.3. The lowest BCUT2D eigenvalue weighted by atomic mass is 10.0. The molecule has 1 saturated heterocycles. The maximum atomic E-state index is 13.8. The predicted molar refractivity (Wildman–Crippen MR) is 178 cm³/mol. The molecular weight excluding hydrogens is 638 g/mol. The van der Waals surface area contributed by atoms with E-state index in [4.69, 9.17) is 18.9 Å². The molecule has 6 rings (SSSR count). The Morgan fingerprint density at radius 3 is 2.47 bits per heavy atom. The average molecular weight is 679 g/mol. The second-order valence-corrected chi connectivity index (χ2v) is 12.9. The molecule has 1 aromatic carbocycles. The number of hydrogen-bond acceptors (Lipinski definition) is 11. The summed E-state index contributed by atoms with van der Waals surface area (Å²) in [6, 6.07) is 8.59. The quantitative estimate of drug-likeness (QED) is 0.158. The highest BCUT2D eigenvalue weighted by Crippen LogP contribution is 2.37. The van der Waals surface area contributed by atoms with Crippen LogP contribution < -0.4 is 24.8 Å². The summed E-state index contributed by atoms with van der Waals surface area (Å²) < 4.78 is 52.0. The summed E-state index contributed by atoms with van der Waals surface area (Å²) in [5, 5.41) is 10.7. The van der Waals surface area contributed by atoms with Gasteiger partial charge in [0.25, 0.3) is 6.43 Å². The lowest BCUT2D eigenvalue weighted by Gasteiger charge is -2.41. The van der Waals surface area contributed by atoms with Gasteiger partial charge >= 0.3 is 6.09 Å². The molecule has 0 radical (unpaired) electrons. The third kappa shape index (κ3) is 8.45. The second-order valence-electron chi connectivity index (χ2n) is 12.9. The Kier molecular flexibility index (Phi) is 9.69. The molecule has 1 aliphatic heterocycles. The molecule has 2 fully saturated rings. The number of hydrogen-bond donors (Lipinski definition) is 2. The van der Waals surface area contributed by atoms with Crippen LogP contribution in [-0.2, 0) is 17.8 Å². The molecule has 4 heterocycles. The van der Waals surface area contributed by atoms with E-state index in [-0.39, 0.29) is 36.4 Å². The molecule has 15 heteroatoms. The van der Waals surface area contributed by atoms with Crippen LogP contribution in [0.3, 0.4) is 0 Å². The fourth-order valence-corrected chi connectivity index (χ4v) is 5.23. The molecule has 0 bridgehead atoms. The van der Waals surface area contributed by atoms with Crippen LogP contribution in [0.25, 0.3) is 11.1 Å². The minimum atomic E-state index is -2.89. The number of benzene rings is 1. The molecule has 2 N–H and O–H groups in total. The van der Waals surface area contributed by atoms with E-state index in [0.717, 1.165) is 36.0 Å². The number of carbonyl (C=O) groups excluding carboxylic acids is 1. The molecule has 1 aliphatic carbocycles. The molecule has 0 spiro atoms. The minimum absolute atomic E-state index is 0.0157. The van der Waals surface area contributed by atoms with E-state index in [9.17, 15) is 13.6 Å². The summed E-state index contributed by atoms with van der Waals surface area (Å²) in [7, 11) is 3.10. The highest BCUT2D eigenvalue weighted by Gasteiger charge is 2.35. The van der Waals surface area contributed by atoms with Crippen LogP contribution >= 0.6 is 0 Å². The van der Waals surface area contributed by atoms with E-state index in [1.165, 1.54) is 6.07 Å². The first-order valence-corrected chi connectivity index (χ1v) is 16.1. The first-order valence-electron chi connectivity index (χ1n) is 16.1. The number of methoxy groups -OCH3 is 2. The number of pyridine rings is 1. The fourth-order valence-electron chi connectivity index (χ4n) is 5.23. The van der Waals surface area contributed by atoms with E-state index in [1.807, 2.05) is 33.0 Å². The summed E-state index contributed by atoms with van der Waals surface area (Å²) in [5.74, 6) is 1.84. The molecule has 1 saturated carbocycles. The molecule has 13 nitrogen and oxygen atoms in total. The van der Waals surface area contributed by atoms with Gasteiger partial charge in [-0.1, -0.05) is 0 Å². The smallest absolute Gasteiger partial charge is 0.410 e. The van der Waals surface area contributed by atoms with Crippen molar-refractivity contribution in [1.29, 1.82) is 0 Å². The van der Waals surface area contributed by atoms with Gasteiger partial charge in [0.05, 0.1) is 39.1 Å². The number of ether oxygens (including phenoxy) is 4. The maximum absolute atomic E-state index is 13.8.